The first kappa shape index (κ1) is 9.29. The Morgan fingerprint density at radius 2 is 2.50 bits per heavy atom. The SMILES string of the molecule is N#CC1(Cc2ccoc2)CCCCN1. The molecule has 1 aromatic heterocycles. The van der Waals surface area contributed by atoms with Gasteiger partial charge in [0.05, 0.1) is 18.6 Å². The highest BCUT2D eigenvalue weighted by atomic mass is 16.3. The third kappa shape index (κ3) is 1.80. The first-order chi connectivity index (χ1) is 6.85. The Balaban J connectivity index is 2.09. The molecule has 74 valence electrons. The summed E-state index contributed by atoms with van der Waals surface area (Å²) >= 11 is 0. The molecule has 1 aromatic rings. The molecule has 14 heavy (non-hydrogen) atoms. The molecule has 3 heteroatoms. The van der Waals surface area contributed by atoms with Gasteiger partial charge in [-0.05, 0) is 37.4 Å². The van der Waals surface area contributed by atoms with Gasteiger partial charge in [-0.15, -0.1) is 0 Å². The van der Waals surface area contributed by atoms with E-state index in [1.165, 1.54) is 6.42 Å². The lowest BCUT2D eigenvalue weighted by Crippen LogP contribution is -2.49. The molecule has 1 saturated heterocycles. The zero-order valence-electron chi connectivity index (χ0n) is 8.12. The Bertz CT molecular complexity index is 318. The number of nitriles is 1. The maximum atomic E-state index is 9.20. The Hall–Kier alpha value is -1.27. The molecule has 0 aromatic carbocycles. The summed E-state index contributed by atoms with van der Waals surface area (Å²) in [5.41, 5.74) is 0.739. The number of nitrogens with zero attached hydrogens (tertiary/aromatic N) is 1. The van der Waals surface area contributed by atoms with Gasteiger partial charge in [-0.1, -0.05) is 0 Å². The van der Waals surface area contributed by atoms with Crippen molar-refractivity contribution in [2.45, 2.75) is 31.2 Å². The number of nitrogens with one attached hydrogen (secondary N) is 1. The van der Waals surface area contributed by atoms with Crippen LogP contribution in [0.5, 0.6) is 0 Å². The van der Waals surface area contributed by atoms with Crippen molar-refractivity contribution < 1.29 is 4.42 Å². The van der Waals surface area contributed by atoms with Gasteiger partial charge in [-0.2, -0.15) is 5.26 Å². The lowest BCUT2D eigenvalue weighted by atomic mass is 9.85. The first-order valence-electron chi connectivity index (χ1n) is 5.02. The predicted octanol–water partition coefficient (Wildman–Crippen LogP) is 1.86. The molecule has 0 aliphatic carbocycles. The van der Waals surface area contributed by atoms with Crippen LogP contribution in [-0.4, -0.2) is 12.1 Å². The summed E-state index contributed by atoms with van der Waals surface area (Å²) in [6.45, 7) is 0.950. The minimum atomic E-state index is -0.359. The highest BCUT2D eigenvalue weighted by Crippen LogP contribution is 2.23. The molecule has 0 amide bonds. The average molecular weight is 190 g/mol. The monoisotopic (exact) mass is 190 g/mol. The summed E-state index contributed by atoms with van der Waals surface area (Å²) in [6.07, 6.45) is 7.38. The fourth-order valence-electron chi connectivity index (χ4n) is 2.00. The van der Waals surface area contributed by atoms with Crippen LogP contribution in [0.25, 0.3) is 0 Å². The molecular weight excluding hydrogens is 176 g/mol. The molecule has 3 nitrogen and oxygen atoms in total. The number of piperidine rings is 1. The topological polar surface area (TPSA) is 49.0 Å². The van der Waals surface area contributed by atoms with E-state index in [0.29, 0.717) is 0 Å². The second-order valence-corrected chi connectivity index (χ2v) is 3.89. The Kier molecular flexibility index (Phi) is 2.55. The summed E-state index contributed by atoms with van der Waals surface area (Å²) in [5, 5.41) is 12.5. The summed E-state index contributed by atoms with van der Waals surface area (Å²) in [7, 11) is 0. The standard InChI is InChI=1S/C11H14N2O/c12-9-11(4-1-2-5-13-11)7-10-3-6-14-8-10/h3,6,8,13H,1-2,4-5,7H2. The molecule has 1 unspecified atom stereocenters. The van der Waals surface area contributed by atoms with Gasteiger partial charge in [0, 0.05) is 6.42 Å². The van der Waals surface area contributed by atoms with Crippen LogP contribution in [0, 0.1) is 11.3 Å². The van der Waals surface area contributed by atoms with E-state index in [1.807, 2.05) is 6.07 Å². The zero-order valence-corrected chi connectivity index (χ0v) is 8.12. The van der Waals surface area contributed by atoms with Crippen molar-refractivity contribution in [2.75, 3.05) is 6.54 Å². The largest absolute Gasteiger partial charge is 0.472 e. The molecule has 0 bridgehead atoms. The normalized spacial score (nSPS) is 27.1. The van der Waals surface area contributed by atoms with E-state index in [0.717, 1.165) is 31.4 Å². The number of hydrogen-bond acceptors (Lipinski definition) is 3. The quantitative estimate of drug-likeness (QED) is 0.774. The lowest BCUT2D eigenvalue weighted by Gasteiger charge is -2.31. The van der Waals surface area contributed by atoms with Gasteiger partial charge in [0.1, 0.15) is 5.54 Å². The van der Waals surface area contributed by atoms with Gasteiger partial charge in [0.25, 0.3) is 0 Å². The van der Waals surface area contributed by atoms with E-state index < -0.39 is 0 Å². The lowest BCUT2D eigenvalue weighted by molar-refractivity contribution is 0.321. The fraction of sp³-hybridized carbons (Fsp3) is 0.545. The van der Waals surface area contributed by atoms with Crippen LogP contribution in [0.3, 0.4) is 0 Å². The van der Waals surface area contributed by atoms with Gasteiger partial charge in [-0.3, -0.25) is 5.32 Å². The number of hydrogen-bond donors (Lipinski definition) is 1. The van der Waals surface area contributed by atoms with Gasteiger partial charge < -0.3 is 4.42 Å². The van der Waals surface area contributed by atoms with Crippen molar-refractivity contribution in [1.29, 1.82) is 5.26 Å². The van der Waals surface area contributed by atoms with Crippen LogP contribution in [0.1, 0.15) is 24.8 Å². The highest BCUT2D eigenvalue weighted by Gasteiger charge is 2.31. The zero-order chi connectivity index (χ0) is 9.86. The van der Waals surface area contributed by atoms with E-state index in [2.05, 4.69) is 11.4 Å². The maximum Gasteiger partial charge on any atom is 0.110 e. The summed E-state index contributed by atoms with van der Waals surface area (Å²) in [4.78, 5) is 0. The van der Waals surface area contributed by atoms with Crippen LogP contribution >= 0.6 is 0 Å². The molecule has 1 aliphatic rings. The predicted molar refractivity (Wildman–Crippen MR) is 52.6 cm³/mol. The molecule has 1 aliphatic heterocycles. The Labute approximate surface area is 83.7 Å². The van der Waals surface area contributed by atoms with E-state index >= 15 is 0 Å². The molecule has 0 saturated carbocycles. The molecule has 0 radical (unpaired) electrons. The smallest absolute Gasteiger partial charge is 0.110 e. The average Bonchev–Trinajstić information content (AvgIpc) is 2.72. The molecular formula is C11H14N2O. The van der Waals surface area contributed by atoms with Crippen molar-refractivity contribution in [3.63, 3.8) is 0 Å². The van der Waals surface area contributed by atoms with E-state index in [4.69, 9.17) is 4.42 Å². The van der Waals surface area contributed by atoms with Gasteiger partial charge in [0.2, 0.25) is 0 Å². The van der Waals surface area contributed by atoms with Crippen molar-refractivity contribution in [2.24, 2.45) is 0 Å². The van der Waals surface area contributed by atoms with Gasteiger partial charge in [0.15, 0.2) is 0 Å². The molecule has 1 fully saturated rings. The van der Waals surface area contributed by atoms with Crippen molar-refractivity contribution in [3.05, 3.63) is 24.2 Å². The summed E-state index contributed by atoms with van der Waals surface area (Å²) < 4.78 is 5.01. The molecule has 1 atom stereocenters. The minimum Gasteiger partial charge on any atom is -0.472 e. The van der Waals surface area contributed by atoms with Crippen molar-refractivity contribution >= 4 is 0 Å². The van der Waals surface area contributed by atoms with E-state index in [1.54, 1.807) is 12.5 Å². The van der Waals surface area contributed by atoms with Gasteiger partial charge >= 0.3 is 0 Å². The first-order valence-corrected chi connectivity index (χ1v) is 5.02. The molecule has 2 rings (SSSR count). The van der Waals surface area contributed by atoms with Crippen LogP contribution in [0.2, 0.25) is 0 Å². The van der Waals surface area contributed by atoms with Crippen molar-refractivity contribution in [3.8, 4) is 6.07 Å². The number of furan rings is 1. The van der Waals surface area contributed by atoms with Crippen LogP contribution < -0.4 is 5.32 Å². The number of rotatable bonds is 2. The Morgan fingerprint density at radius 3 is 3.07 bits per heavy atom. The van der Waals surface area contributed by atoms with E-state index in [9.17, 15) is 5.26 Å². The highest BCUT2D eigenvalue weighted by molar-refractivity contribution is 5.19. The van der Waals surface area contributed by atoms with Crippen LogP contribution in [0.15, 0.2) is 23.0 Å². The third-order valence-electron chi connectivity index (χ3n) is 2.79. The minimum absolute atomic E-state index is 0.359. The van der Waals surface area contributed by atoms with Crippen LogP contribution in [-0.2, 0) is 6.42 Å². The van der Waals surface area contributed by atoms with Crippen molar-refractivity contribution in [1.82, 2.24) is 5.32 Å². The van der Waals surface area contributed by atoms with Gasteiger partial charge in [-0.25, -0.2) is 0 Å². The summed E-state index contributed by atoms with van der Waals surface area (Å²) in [6, 6.07) is 4.33. The molecule has 1 N–H and O–H groups in total. The third-order valence-corrected chi connectivity index (χ3v) is 2.79. The van der Waals surface area contributed by atoms with Crippen LogP contribution in [0.4, 0.5) is 0 Å². The second kappa shape index (κ2) is 3.85. The Morgan fingerprint density at radius 1 is 1.57 bits per heavy atom. The second-order valence-electron chi connectivity index (χ2n) is 3.89. The van der Waals surface area contributed by atoms with E-state index in [-0.39, 0.29) is 5.54 Å². The molecule has 2 heterocycles. The maximum absolute atomic E-state index is 9.20. The summed E-state index contributed by atoms with van der Waals surface area (Å²) in [5.74, 6) is 0. The molecule has 0 spiro atoms. The fourth-order valence-corrected chi connectivity index (χ4v) is 2.00.